The summed E-state index contributed by atoms with van der Waals surface area (Å²) in [5, 5.41) is 0. The molecular formula is C18H16O2S. The van der Waals surface area contributed by atoms with Crippen molar-refractivity contribution in [3.8, 4) is 0 Å². The molecule has 0 radical (unpaired) electrons. The zero-order chi connectivity index (χ0) is 14.7. The Hall–Kier alpha value is -2.00. The number of allylic oxidation sites excluding steroid dienone is 1. The van der Waals surface area contributed by atoms with Crippen molar-refractivity contribution in [1.82, 2.24) is 0 Å². The molecule has 0 saturated heterocycles. The van der Waals surface area contributed by atoms with E-state index in [0.717, 1.165) is 34.4 Å². The number of aryl methyl sites for hydroxylation is 1. The summed E-state index contributed by atoms with van der Waals surface area (Å²) in [5.74, 6) is 0.481. The van der Waals surface area contributed by atoms with Gasteiger partial charge < -0.3 is 0 Å². The van der Waals surface area contributed by atoms with E-state index >= 15 is 0 Å². The van der Waals surface area contributed by atoms with Crippen molar-refractivity contribution in [3.05, 3.63) is 77.4 Å². The first kappa shape index (κ1) is 14.0. The van der Waals surface area contributed by atoms with Gasteiger partial charge in [0.1, 0.15) is 0 Å². The van der Waals surface area contributed by atoms with Crippen LogP contribution in [0.25, 0.3) is 0 Å². The third-order valence-corrected chi connectivity index (χ3v) is 4.97. The van der Waals surface area contributed by atoms with E-state index in [9.17, 15) is 9.00 Å². The first-order valence-corrected chi connectivity index (χ1v) is 8.32. The van der Waals surface area contributed by atoms with Crippen LogP contribution >= 0.6 is 0 Å². The molecular weight excluding hydrogens is 280 g/mol. The zero-order valence-electron chi connectivity index (χ0n) is 11.6. The number of fused-ring (bicyclic) bond motifs is 1. The number of hydrogen-bond donors (Lipinski definition) is 0. The molecule has 3 rings (SSSR count). The number of hydrogen-bond acceptors (Lipinski definition) is 2. The Kier molecular flexibility index (Phi) is 4.11. The van der Waals surface area contributed by atoms with Gasteiger partial charge >= 0.3 is 0 Å². The number of carbonyl (C=O) groups is 1. The zero-order valence-corrected chi connectivity index (χ0v) is 12.4. The molecule has 1 atom stereocenters. The van der Waals surface area contributed by atoms with E-state index in [1.54, 1.807) is 0 Å². The van der Waals surface area contributed by atoms with E-state index in [-0.39, 0.29) is 5.78 Å². The number of ketones is 1. The van der Waals surface area contributed by atoms with Gasteiger partial charge in [-0.05, 0) is 36.1 Å². The summed E-state index contributed by atoms with van der Waals surface area (Å²) in [7, 11) is -1.09. The van der Waals surface area contributed by atoms with Gasteiger partial charge in [-0.25, -0.2) is 0 Å². The number of Topliss-reactive ketones (excluding diaryl/α,β-unsaturated/α-hetero) is 1. The van der Waals surface area contributed by atoms with Gasteiger partial charge in [0.05, 0.1) is 10.8 Å². The van der Waals surface area contributed by atoms with E-state index in [0.29, 0.717) is 5.75 Å². The van der Waals surface area contributed by atoms with E-state index in [1.165, 1.54) is 0 Å². The topological polar surface area (TPSA) is 34.1 Å². The Morgan fingerprint density at radius 1 is 0.952 bits per heavy atom. The van der Waals surface area contributed by atoms with Crippen LogP contribution in [0.15, 0.2) is 71.1 Å². The van der Waals surface area contributed by atoms with Crippen molar-refractivity contribution in [2.45, 2.75) is 17.7 Å². The van der Waals surface area contributed by atoms with Crippen LogP contribution in [0.2, 0.25) is 0 Å². The Bertz CT molecular complexity index is 717. The molecule has 0 heterocycles. The maximum atomic E-state index is 12.4. The molecule has 2 nitrogen and oxygen atoms in total. The Morgan fingerprint density at radius 3 is 2.48 bits per heavy atom. The number of benzene rings is 2. The van der Waals surface area contributed by atoms with Crippen LogP contribution < -0.4 is 0 Å². The summed E-state index contributed by atoms with van der Waals surface area (Å²) < 4.78 is 12.2. The summed E-state index contributed by atoms with van der Waals surface area (Å²) in [6, 6.07) is 17.1. The third-order valence-electron chi connectivity index (χ3n) is 3.70. The molecule has 1 aliphatic rings. The van der Waals surface area contributed by atoms with E-state index in [2.05, 4.69) is 0 Å². The summed E-state index contributed by atoms with van der Waals surface area (Å²) in [5.41, 5.74) is 2.70. The molecule has 0 bridgehead atoms. The van der Waals surface area contributed by atoms with Crippen molar-refractivity contribution in [2.75, 3.05) is 5.75 Å². The van der Waals surface area contributed by atoms with Gasteiger partial charge in [-0.3, -0.25) is 9.00 Å². The van der Waals surface area contributed by atoms with Crippen LogP contribution in [0.4, 0.5) is 0 Å². The molecule has 1 aliphatic carbocycles. The van der Waals surface area contributed by atoms with Crippen molar-refractivity contribution in [1.29, 1.82) is 0 Å². The van der Waals surface area contributed by atoms with E-state index in [4.69, 9.17) is 0 Å². The minimum Gasteiger partial charge on any atom is -0.289 e. The molecule has 0 fully saturated rings. The van der Waals surface area contributed by atoms with Crippen LogP contribution in [0.3, 0.4) is 0 Å². The fourth-order valence-corrected chi connectivity index (χ4v) is 3.56. The second-order valence-electron chi connectivity index (χ2n) is 5.04. The molecule has 3 heteroatoms. The summed E-state index contributed by atoms with van der Waals surface area (Å²) in [6.07, 6.45) is 3.47. The van der Waals surface area contributed by atoms with Crippen molar-refractivity contribution in [3.63, 3.8) is 0 Å². The average Bonchev–Trinajstić information content (AvgIpc) is 2.55. The van der Waals surface area contributed by atoms with Crippen LogP contribution in [-0.4, -0.2) is 15.7 Å². The van der Waals surface area contributed by atoms with Crippen LogP contribution in [0.5, 0.6) is 0 Å². The minimum atomic E-state index is -1.09. The second-order valence-corrected chi connectivity index (χ2v) is 6.54. The number of carbonyl (C=O) groups excluding carboxylic acids is 1. The van der Waals surface area contributed by atoms with Gasteiger partial charge in [0, 0.05) is 16.2 Å². The lowest BCUT2D eigenvalue weighted by Gasteiger charge is -2.17. The largest absolute Gasteiger partial charge is 0.289 e. The number of rotatable bonds is 3. The minimum absolute atomic E-state index is 0.0851. The van der Waals surface area contributed by atoms with Gasteiger partial charge in [-0.1, -0.05) is 48.5 Å². The van der Waals surface area contributed by atoms with Gasteiger partial charge in [0.25, 0.3) is 0 Å². The van der Waals surface area contributed by atoms with Gasteiger partial charge in [-0.15, -0.1) is 0 Å². The van der Waals surface area contributed by atoms with Gasteiger partial charge in [-0.2, -0.15) is 0 Å². The predicted octanol–water partition coefficient (Wildman–Crippen LogP) is 3.55. The van der Waals surface area contributed by atoms with Crippen molar-refractivity contribution in [2.24, 2.45) is 0 Å². The van der Waals surface area contributed by atoms with Crippen LogP contribution in [-0.2, 0) is 17.2 Å². The molecule has 106 valence electrons. The van der Waals surface area contributed by atoms with Gasteiger partial charge in [0.2, 0.25) is 0 Å². The highest BCUT2D eigenvalue weighted by Gasteiger charge is 2.21. The fraction of sp³-hybridized carbons (Fsp3) is 0.167. The monoisotopic (exact) mass is 296 g/mol. The molecule has 0 spiro atoms. The van der Waals surface area contributed by atoms with Crippen molar-refractivity contribution < 1.29 is 9.00 Å². The molecule has 0 aliphatic heterocycles. The molecule has 0 saturated carbocycles. The quantitative estimate of drug-likeness (QED) is 0.812. The smallest absolute Gasteiger partial charge is 0.189 e. The standard InChI is InChI=1S/C18H16O2S/c19-18-15(11-10-14-6-4-5-9-17(14)18)12-13-21(20)16-7-2-1-3-8-16/h1-9,12H,10-11,13H2/b15-12+. The Labute approximate surface area is 127 Å². The normalized spacial score (nSPS) is 17.5. The van der Waals surface area contributed by atoms with Crippen molar-refractivity contribution >= 4 is 16.6 Å². The maximum absolute atomic E-state index is 12.4. The van der Waals surface area contributed by atoms with Crippen LogP contribution in [0.1, 0.15) is 22.3 Å². The predicted molar refractivity (Wildman–Crippen MR) is 84.9 cm³/mol. The highest BCUT2D eigenvalue weighted by atomic mass is 32.2. The average molecular weight is 296 g/mol. The highest BCUT2D eigenvalue weighted by Crippen LogP contribution is 2.25. The lowest BCUT2D eigenvalue weighted by molar-refractivity contribution is 0.102. The SMILES string of the molecule is O=C1/C(=C/CS(=O)c2ccccc2)CCc2ccccc21. The van der Waals surface area contributed by atoms with E-state index in [1.807, 2.05) is 60.7 Å². The first-order chi connectivity index (χ1) is 10.3. The van der Waals surface area contributed by atoms with E-state index < -0.39 is 10.8 Å². The highest BCUT2D eigenvalue weighted by molar-refractivity contribution is 7.85. The fourth-order valence-electron chi connectivity index (χ4n) is 2.56. The molecule has 0 aromatic heterocycles. The molecule has 1 unspecified atom stereocenters. The maximum Gasteiger partial charge on any atom is 0.189 e. The first-order valence-electron chi connectivity index (χ1n) is 7.01. The third kappa shape index (κ3) is 3.03. The molecule has 21 heavy (non-hydrogen) atoms. The molecule has 2 aromatic carbocycles. The summed E-state index contributed by atoms with van der Waals surface area (Å²) in [6.45, 7) is 0. The lowest BCUT2D eigenvalue weighted by atomic mass is 9.87. The second kappa shape index (κ2) is 6.19. The summed E-state index contributed by atoms with van der Waals surface area (Å²) >= 11 is 0. The lowest BCUT2D eigenvalue weighted by Crippen LogP contribution is -2.14. The van der Waals surface area contributed by atoms with Crippen LogP contribution in [0, 0.1) is 0 Å². The molecule has 0 N–H and O–H groups in total. The van der Waals surface area contributed by atoms with Gasteiger partial charge in [0.15, 0.2) is 5.78 Å². The molecule has 0 amide bonds. The Balaban J connectivity index is 1.77. The molecule has 2 aromatic rings. The summed E-state index contributed by atoms with van der Waals surface area (Å²) in [4.78, 5) is 13.2. The Morgan fingerprint density at radius 2 is 1.67 bits per heavy atom.